The zero-order valence-electron chi connectivity index (χ0n) is 15.9. The van der Waals surface area contributed by atoms with Gasteiger partial charge in [-0.1, -0.05) is 38.1 Å². The van der Waals surface area contributed by atoms with Crippen molar-refractivity contribution in [3.05, 3.63) is 71.5 Å². The molecule has 0 unspecified atom stereocenters. The fourth-order valence-electron chi connectivity index (χ4n) is 2.68. The number of alkyl halides is 3. The molecule has 0 amide bonds. The minimum Gasteiger partial charge on any atom is -0.332 e. The third-order valence-electron chi connectivity index (χ3n) is 4.20. The smallest absolute Gasteiger partial charge is 0.332 e. The van der Waals surface area contributed by atoms with E-state index in [1.807, 2.05) is 24.3 Å². The van der Waals surface area contributed by atoms with Crippen LogP contribution in [-0.2, 0) is 12.7 Å². The fourth-order valence-corrected chi connectivity index (χ4v) is 2.89. The van der Waals surface area contributed by atoms with Crippen molar-refractivity contribution in [1.29, 1.82) is 0 Å². The van der Waals surface area contributed by atoms with E-state index in [9.17, 15) is 13.2 Å². The van der Waals surface area contributed by atoms with Crippen molar-refractivity contribution in [2.45, 2.75) is 32.5 Å². The number of nitrogens with one attached hydrogen (secondary N) is 2. The lowest BCUT2D eigenvalue weighted by molar-refractivity contribution is -0.137. The van der Waals surface area contributed by atoms with Gasteiger partial charge in [-0.15, -0.1) is 5.10 Å². The molecule has 0 spiro atoms. The minimum atomic E-state index is -4.38. The number of nitrogens with zero attached hydrogens (tertiary/aromatic N) is 3. The van der Waals surface area contributed by atoms with Crippen LogP contribution < -0.4 is 10.6 Å². The molecular weight excluding hydrogens is 399 g/mol. The summed E-state index contributed by atoms with van der Waals surface area (Å²) in [5.74, 6) is 0.701. The molecule has 29 heavy (non-hydrogen) atoms. The number of hydrogen-bond donors (Lipinski definition) is 2. The summed E-state index contributed by atoms with van der Waals surface area (Å²) < 4.78 is 39.9. The van der Waals surface area contributed by atoms with Gasteiger partial charge in [-0.25, -0.2) is 9.67 Å². The molecule has 2 N–H and O–H groups in total. The van der Waals surface area contributed by atoms with Crippen molar-refractivity contribution in [3.8, 4) is 0 Å². The SMILES string of the molecule is CC(C)c1ccc(NC(=S)Nc2ncn(Cc3cccc(C(F)(F)F)c3)n2)cc1. The Labute approximate surface area is 172 Å². The largest absolute Gasteiger partial charge is 0.416 e. The summed E-state index contributed by atoms with van der Waals surface area (Å²) in [6.07, 6.45) is -2.95. The van der Waals surface area contributed by atoms with Crippen LogP contribution in [0, 0.1) is 0 Å². The quantitative estimate of drug-likeness (QED) is 0.551. The Kier molecular flexibility index (Phi) is 6.17. The zero-order chi connectivity index (χ0) is 21.0. The van der Waals surface area contributed by atoms with Crippen LogP contribution in [0.5, 0.6) is 0 Å². The van der Waals surface area contributed by atoms with Crippen molar-refractivity contribution in [2.24, 2.45) is 0 Å². The van der Waals surface area contributed by atoms with E-state index in [0.29, 0.717) is 16.6 Å². The molecule has 3 rings (SSSR count). The van der Waals surface area contributed by atoms with E-state index in [0.717, 1.165) is 17.8 Å². The van der Waals surface area contributed by atoms with Gasteiger partial charge in [0.1, 0.15) is 6.33 Å². The second kappa shape index (κ2) is 8.60. The Morgan fingerprint density at radius 3 is 2.48 bits per heavy atom. The van der Waals surface area contributed by atoms with E-state index in [2.05, 4.69) is 34.6 Å². The average molecular weight is 419 g/mol. The molecule has 0 bridgehead atoms. The summed E-state index contributed by atoms with van der Waals surface area (Å²) in [4.78, 5) is 4.09. The summed E-state index contributed by atoms with van der Waals surface area (Å²) >= 11 is 5.26. The number of hydrogen-bond acceptors (Lipinski definition) is 3. The Bertz CT molecular complexity index is 980. The van der Waals surface area contributed by atoms with Crippen molar-refractivity contribution >= 4 is 29.0 Å². The van der Waals surface area contributed by atoms with Gasteiger partial charge >= 0.3 is 6.18 Å². The Balaban J connectivity index is 1.59. The van der Waals surface area contributed by atoms with Crippen molar-refractivity contribution in [1.82, 2.24) is 14.8 Å². The average Bonchev–Trinajstić information content (AvgIpc) is 3.08. The Hall–Kier alpha value is -2.94. The topological polar surface area (TPSA) is 54.8 Å². The van der Waals surface area contributed by atoms with E-state index in [1.54, 1.807) is 6.07 Å². The molecule has 0 fully saturated rings. The summed E-state index contributed by atoms with van der Waals surface area (Å²) in [6, 6.07) is 13.0. The van der Waals surface area contributed by atoms with Gasteiger partial charge in [-0.3, -0.25) is 5.32 Å². The predicted molar refractivity (Wildman–Crippen MR) is 111 cm³/mol. The van der Waals surface area contributed by atoms with Crippen LogP contribution >= 0.6 is 12.2 Å². The van der Waals surface area contributed by atoms with E-state index >= 15 is 0 Å². The highest BCUT2D eigenvalue weighted by Gasteiger charge is 2.30. The molecule has 9 heteroatoms. The molecule has 3 aromatic rings. The first-order valence-corrected chi connectivity index (χ1v) is 9.35. The van der Waals surface area contributed by atoms with Gasteiger partial charge < -0.3 is 5.32 Å². The number of anilines is 2. The molecule has 0 aliphatic carbocycles. The fraction of sp³-hybridized carbons (Fsp3) is 0.250. The first-order valence-electron chi connectivity index (χ1n) is 8.94. The first kappa shape index (κ1) is 20.8. The van der Waals surface area contributed by atoms with Crippen molar-refractivity contribution in [3.63, 3.8) is 0 Å². The summed E-state index contributed by atoms with van der Waals surface area (Å²) in [5, 5.41) is 10.4. The van der Waals surface area contributed by atoms with Crippen LogP contribution in [0.3, 0.4) is 0 Å². The Morgan fingerprint density at radius 1 is 1.10 bits per heavy atom. The molecule has 0 aliphatic rings. The number of aromatic nitrogens is 3. The second-order valence-corrected chi connectivity index (χ2v) is 7.23. The number of rotatable bonds is 5. The zero-order valence-corrected chi connectivity index (χ0v) is 16.7. The predicted octanol–water partition coefficient (Wildman–Crippen LogP) is 5.28. The van der Waals surface area contributed by atoms with Crippen LogP contribution in [0.1, 0.15) is 36.5 Å². The van der Waals surface area contributed by atoms with Crippen molar-refractivity contribution in [2.75, 3.05) is 10.6 Å². The first-order chi connectivity index (χ1) is 13.7. The molecule has 0 saturated carbocycles. The lowest BCUT2D eigenvalue weighted by atomic mass is 10.0. The Morgan fingerprint density at radius 2 is 1.83 bits per heavy atom. The summed E-state index contributed by atoms with van der Waals surface area (Å²) in [6.45, 7) is 4.40. The van der Waals surface area contributed by atoms with Crippen molar-refractivity contribution < 1.29 is 13.2 Å². The van der Waals surface area contributed by atoms with E-state index < -0.39 is 11.7 Å². The number of benzene rings is 2. The molecule has 152 valence electrons. The molecule has 0 aliphatic heterocycles. The highest BCUT2D eigenvalue weighted by atomic mass is 32.1. The van der Waals surface area contributed by atoms with E-state index in [4.69, 9.17) is 12.2 Å². The molecule has 1 heterocycles. The minimum absolute atomic E-state index is 0.162. The summed E-state index contributed by atoms with van der Waals surface area (Å²) in [7, 11) is 0. The monoisotopic (exact) mass is 419 g/mol. The standard InChI is InChI=1S/C20H20F3N5S/c1-13(2)15-6-8-17(9-7-15)25-19(29)26-18-24-12-28(27-18)11-14-4-3-5-16(10-14)20(21,22)23/h3-10,12-13H,11H2,1-2H3,(H2,25,26,27,29). The molecule has 0 radical (unpaired) electrons. The molecule has 1 aromatic heterocycles. The molecule has 5 nitrogen and oxygen atoms in total. The molecule has 2 aromatic carbocycles. The third-order valence-corrected chi connectivity index (χ3v) is 4.40. The number of thiocarbonyl (C=S) groups is 1. The highest BCUT2D eigenvalue weighted by molar-refractivity contribution is 7.80. The second-order valence-electron chi connectivity index (χ2n) is 6.82. The van der Waals surface area contributed by atoms with Crippen LogP contribution in [0.2, 0.25) is 0 Å². The molecule has 0 atom stereocenters. The molecule has 0 saturated heterocycles. The maximum Gasteiger partial charge on any atom is 0.416 e. The number of halogens is 3. The lowest BCUT2D eigenvalue weighted by Crippen LogP contribution is -2.20. The van der Waals surface area contributed by atoms with Gasteiger partial charge in [0, 0.05) is 5.69 Å². The van der Waals surface area contributed by atoms with Gasteiger partial charge in [-0.2, -0.15) is 13.2 Å². The van der Waals surface area contributed by atoms with Gasteiger partial charge in [0.25, 0.3) is 0 Å². The van der Waals surface area contributed by atoms with Crippen LogP contribution in [0.25, 0.3) is 0 Å². The van der Waals surface area contributed by atoms with Gasteiger partial charge in [0.2, 0.25) is 5.95 Å². The van der Waals surface area contributed by atoms with Gasteiger partial charge in [-0.05, 0) is 53.5 Å². The normalized spacial score (nSPS) is 11.5. The van der Waals surface area contributed by atoms with Crippen LogP contribution in [-0.4, -0.2) is 19.9 Å². The maximum absolute atomic E-state index is 12.8. The highest BCUT2D eigenvalue weighted by Crippen LogP contribution is 2.29. The van der Waals surface area contributed by atoms with Gasteiger partial charge in [0.15, 0.2) is 5.11 Å². The third kappa shape index (κ3) is 5.77. The van der Waals surface area contributed by atoms with E-state index in [-0.39, 0.29) is 12.5 Å². The molecular formula is C20H20F3N5S. The summed E-state index contributed by atoms with van der Waals surface area (Å²) in [5.41, 5.74) is 1.84. The van der Waals surface area contributed by atoms with Crippen LogP contribution in [0.4, 0.5) is 24.8 Å². The van der Waals surface area contributed by atoms with Gasteiger partial charge in [0.05, 0.1) is 12.1 Å². The van der Waals surface area contributed by atoms with E-state index in [1.165, 1.54) is 22.6 Å². The van der Waals surface area contributed by atoms with Crippen LogP contribution in [0.15, 0.2) is 54.9 Å². The maximum atomic E-state index is 12.8. The lowest BCUT2D eigenvalue weighted by Gasteiger charge is -2.10.